The molecule has 0 saturated heterocycles. The largest absolute Gasteiger partial charge is 0.487 e. The second kappa shape index (κ2) is 10.3. The van der Waals surface area contributed by atoms with Crippen molar-refractivity contribution < 1.29 is 19.4 Å². The summed E-state index contributed by atoms with van der Waals surface area (Å²) in [4.78, 5) is 15.5. The molecule has 4 rings (SSSR count). The van der Waals surface area contributed by atoms with E-state index >= 15 is 0 Å². The lowest BCUT2D eigenvalue weighted by Crippen LogP contribution is -2.03. The first-order valence-corrected chi connectivity index (χ1v) is 12.5. The predicted molar refractivity (Wildman–Crippen MR) is 134 cm³/mol. The van der Waals surface area contributed by atoms with Crippen LogP contribution in [-0.2, 0) is 17.8 Å². The molecule has 5 nitrogen and oxygen atoms in total. The highest BCUT2D eigenvalue weighted by Gasteiger charge is 2.29. The third-order valence-electron chi connectivity index (χ3n) is 5.84. The maximum Gasteiger partial charge on any atom is 0.303 e. The molecule has 172 valence electrons. The van der Waals surface area contributed by atoms with Crippen LogP contribution < -0.4 is 9.47 Å². The fourth-order valence-electron chi connectivity index (χ4n) is 4.19. The molecule has 33 heavy (non-hydrogen) atoms. The van der Waals surface area contributed by atoms with Gasteiger partial charge in [0.05, 0.1) is 21.1 Å². The Bertz CT molecular complexity index is 1160. The number of rotatable bonds is 8. The smallest absolute Gasteiger partial charge is 0.303 e. The summed E-state index contributed by atoms with van der Waals surface area (Å²) < 4.78 is 14.0. The van der Waals surface area contributed by atoms with Gasteiger partial charge in [0.2, 0.25) is 0 Å². The van der Waals surface area contributed by atoms with Crippen molar-refractivity contribution in [2.75, 3.05) is 0 Å². The average Bonchev–Trinajstić information content (AvgIpc) is 3.18. The lowest BCUT2D eigenvalue weighted by molar-refractivity contribution is -0.137. The first kappa shape index (κ1) is 23.8. The number of benzene rings is 2. The van der Waals surface area contributed by atoms with Gasteiger partial charge in [-0.25, -0.2) is 0 Å². The molecule has 0 amide bonds. The van der Waals surface area contributed by atoms with E-state index in [4.69, 9.17) is 9.47 Å². The van der Waals surface area contributed by atoms with E-state index in [1.54, 1.807) is 6.20 Å². The maximum absolute atomic E-state index is 11.2. The number of carboxylic acids is 1. The Kier molecular flexibility index (Phi) is 7.39. The Labute approximate surface area is 210 Å². The van der Waals surface area contributed by atoms with Gasteiger partial charge in [-0.1, -0.05) is 19.9 Å². The lowest BCUT2D eigenvalue weighted by atomic mass is 9.98. The van der Waals surface area contributed by atoms with Gasteiger partial charge in [0.15, 0.2) is 5.75 Å². The van der Waals surface area contributed by atoms with Crippen LogP contribution in [0.25, 0.3) is 0 Å². The van der Waals surface area contributed by atoms with Crippen LogP contribution in [0.2, 0.25) is 0 Å². The molecule has 3 aromatic rings. The van der Waals surface area contributed by atoms with E-state index in [0.717, 1.165) is 49.9 Å². The summed E-state index contributed by atoms with van der Waals surface area (Å²) in [7, 11) is 0. The van der Waals surface area contributed by atoms with Gasteiger partial charge in [0.1, 0.15) is 18.1 Å². The second-order valence-corrected chi connectivity index (χ2v) is 10.1. The number of hydrogen-bond donors (Lipinski definition) is 1. The summed E-state index contributed by atoms with van der Waals surface area (Å²) >= 11 is 7.34. The SMILES string of the molecule is CC(C)c1cc(Oc2c(Br)cc3c(c2Br)CCC3CC(=O)O)ccc1OCc1ccccn1. The molecular weight excluding hydrogens is 550 g/mol. The zero-order valence-corrected chi connectivity index (χ0v) is 21.6. The Balaban J connectivity index is 1.58. The molecule has 2 aromatic carbocycles. The molecule has 1 aromatic heterocycles. The molecule has 0 fully saturated rings. The van der Waals surface area contributed by atoms with Crippen molar-refractivity contribution in [3.63, 3.8) is 0 Å². The molecule has 0 radical (unpaired) electrons. The number of carbonyl (C=O) groups is 1. The van der Waals surface area contributed by atoms with Crippen molar-refractivity contribution in [3.8, 4) is 17.2 Å². The van der Waals surface area contributed by atoms with Crippen molar-refractivity contribution in [1.82, 2.24) is 4.98 Å². The molecule has 1 aliphatic carbocycles. The summed E-state index contributed by atoms with van der Waals surface area (Å²) in [6, 6.07) is 13.6. The normalized spacial score (nSPS) is 14.9. The number of nitrogens with zero attached hydrogens (tertiary/aromatic N) is 1. The molecule has 1 heterocycles. The molecule has 7 heteroatoms. The van der Waals surface area contributed by atoms with Crippen LogP contribution in [0.5, 0.6) is 17.2 Å². The number of halogens is 2. The number of hydrogen-bond acceptors (Lipinski definition) is 4. The maximum atomic E-state index is 11.2. The number of pyridine rings is 1. The topological polar surface area (TPSA) is 68.7 Å². The highest BCUT2D eigenvalue weighted by Crippen LogP contribution is 2.48. The molecule has 0 saturated carbocycles. The molecule has 0 spiro atoms. The number of aliphatic carboxylic acids is 1. The predicted octanol–water partition coefficient (Wildman–Crippen LogP) is 7.61. The van der Waals surface area contributed by atoms with Crippen molar-refractivity contribution >= 4 is 37.8 Å². The van der Waals surface area contributed by atoms with Gasteiger partial charge in [0.25, 0.3) is 0 Å². The molecule has 1 aliphatic rings. The summed E-state index contributed by atoms with van der Waals surface area (Å²) in [5, 5.41) is 9.22. The first-order chi connectivity index (χ1) is 15.8. The minimum Gasteiger partial charge on any atom is -0.487 e. The summed E-state index contributed by atoms with van der Waals surface area (Å²) in [6.07, 6.45) is 3.56. The van der Waals surface area contributed by atoms with E-state index in [9.17, 15) is 9.90 Å². The fourth-order valence-corrected chi connectivity index (χ4v) is 5.71. The van der Waals surface area contributed by atoms with Gasteiger partial charge in [-0.05, 0) is 104 Å². The number of carboxylic acid groups (broad SMARTS) is 1. The van der Waals surface area contributed by atoms with E-state index in [1.165, 1.54) is 0 Å². The van der Waals surface area contributed by atoms with E-state index in [1.807, 2.05) is 42.5 Å². The monoisotopic (exact) mass is 573 g/mol. The summed E-state index contributed by atoms with van der Waals surface area (Å²) in [6.45, 7) is 4.65. The Morgan fingerprint density at radius 3 is 2.73 bits per heavy atom. The second-order valence-electron chi connectivity index (χ2n) is 8.47. The highest BCUT2D eigenvalue weighted by atomic mass is 79.9. The van der Waals surface area contributed by atoms with E-state index < -0.39 is 5.97 Å². The van der Waals surface area contributed by atoms with Crippen molar-refractivity contribution in [1.29, 1.82) is 0 Å². The molecule has 1 atom stereocenters. The minimum absolute atomic E-state index is 0.0298. The van der Waals surface area contributed by atoms with Crippen molar-refractivity contribution in [2.24, 2.45) is 0 Å². The van der Waals surface area contributed by atoms with E-state index in [0.29, 0.717) is 18.1 Å². The standard InChI is InChI=1S/C26H25Br2NO4/c1-15(2)20-12-18(7-9-23(20)32-14-17-5-3-4-10-29-17)33-26-22(27)13-21-16(11-24(30)31)6-8-19(21)25(26)28/h3-5,7,9-10,12-13,15-16H,6,8,11,14H2,1-2H3,(H,30,31). The van der Waals surface area contributed by atoms with Crippen LogP contribution in [0.4, 0.5) is 0 Å². The van der Waals surface area contributed by atoms with E-state index in [-0.39, 0.29) is 18.3 Å². The van der Waals surface area contributed by atoms with Gasteiger partial charge < -0.3 is 14.6 Å². The number of fused-ring (bicyclic) bond motifs is 1. The van der Waals surface area contributed by atoms with Gasteiger partial charge in [-0.15, -0.1) is 0 Å². The Hall–Kier alpha value is -2.38. The molecule has 0 aliphatic heterocycles. The molecule has 1 N–H and O–H groups in total. The zero-order chi connectivity index (χ0) is 23.5. The van der Waals surface area contributed by atoms with Gasteiger partial charge in [0, 0.05) is 11.8 Å². The Morgan fingerprint density at radius 1 is 1.21 bits per heavy atom. The van der Waals surface area contributed by atoms with Crippen LogP contribution in [0.3, 0.4) is 0 Å². The highest BCUT2D eigenvalue weighted by molar-refractivity contribution is 9.11. The van der Waals surface area contributed by atoms with Gasteiger partial charge in [-0.3, -0.25) is 9.78 Å². The molecular formula is C26H25Br2NO4. The summed E-state index contributed by atoms with van der Waals surface area (Å²) in [5.74, 6) is 1.73. The van der Waals surface area contributed by atoms with Crippen molar-refractivity contribution in [2.45, 2.75) is 51.6 Å². The quantitative estimate of drug-likeness (QED) is 0.300. The third kappa shape index (κ3) is 5.41. The van der Waals surface area contributed by atoms with Crippen molar-refractivity contribution in [3.05, 3.63) is 80.0 Å². The van der Waals surface area contributed by atoms with E-state index in [2.05, 4.69) is 50.7 Å². The van der Waals surface area contributed by atoms with Gasteiger partial charge >= 0.3 is 5.97 Å². The lowest BCUT2D eigenvalue weighted by Gasteiger charge is -2.18. The van der Waals surface area contributed by atoms with Crippen LogP contribution in [0.15, 0.2) is 57.6 Å². The zero-order valence-electron chi connectivity index (χ0n) is 18.5. The summed E-state index contributed by atoms with van der Waals surface area (Å²) in [5.41, 5.74) is 4.13. The number of aromatic nitrogens is 1. The first-order valence-electron chi connectivity index (χ1n) is 10.9. The number of ether oxygens (including phenoxy) is 2. The van der Waals surface area contributed by atoms with Crippen LogP contribution in [0, 0.1) is 0 Å². The molecule has 1 unspecified atom stereocenters. The average molecular weight is 575 g/mol. The third-order valence-corrected chi connectivity index (χ3v) is 7.27. The minimum atomic E-state index is -0.771. The van der Waals surface area contributed by atoms with Crippen LogP contribution in [-0.4, -0.2) is 16.1 Å². The Morgan fingerprint density at radius 2 is 2.03 bits per heavy atom. The molecule has 0 bridgehead atoms. The van der Waals surface area contributed by atoms with Crippen LogP contribution >= 0.6 is 31.9 Å². The van der Waals surface area contributed by atoms with Gasteiger partial charge in [-0.2, -0.15) is 0 Å². The van der Waals surface area contributed by atoms with Crippen LogP contribution in [0.1, 0.15) is 60.9 Å². The fraction of sp³-hybridized carbons (Fsp3) is 0.308.